The lowest BCUT2D eigenvalue weighted by molar-refractivity contribution is -0.135. The molecule has 116 valence electrons. The Bertz CT molecular complexity index is 718. The van der Waals surface area contributed by atoms with Crippen LogP contribution in [0, 0.1) is 0 Å². The van der Waals surface area contributed by atoms with Gasteiger partial charge in [-0.2, -0.15) is 0 Å². The van der Waals surface area contributed by atoms with Crippen molar-refractivity contribution in [1.82, 2.24) is 9.47 Å². The lowest BCUT2D eigenvalue weighted by Crippen LogP contribution is -2.38. The largest absolute Gasteiger partial charge is 0.324 e. The maximum Gasteiger partial charge on any atom is 0.309 e. The molecule has 0 unspecified atom stereocenters. The molecule has 4 nitrogen and oxygen atoms in total. The second-order valence-electron chi connectivity index (χ2n) is 5.54. The van der Waals surface area contributed by atoms with Gasteiger partial charge in [-0.3, -0.25) is 14.2 Å². The number of benzene rings is 1. The van der Waals surface area contributed by atoms with Crippen molar-refractivity contribution in [3.05, 3.63) is 44.9 Å². The Morgan fingerprint density at radius 3 is 2.59 bits per heavy atom. The number of aryl methyl sites for hydroxylation is 1. The summed E-state index contributed by atoms with van der Waals surface area (Å²) in [6, 6.07) is 9.98. The Morgan fingerprint density at radius 2 is 1.91 bits per heavy atom. The van der Waals surface area contributed by atoms with Gasteiger partial charge >= 0.3 is 4.87 Å². The molecule has 1 aromatic carbocycles. The quantitative estimate of drug-likeness (QED) is 0.870. The molecule has 3 rings (SSSR count). The maximum absolute atomic E-state index is 12.4. The van der Waals surface area contributed by atoms with Gasteiger partial charge in [-0.15, -0.1) is 0 Å². The molecule has 1 aliphatic heterocycles. The number of likely N-dealkylation sites (tertiary alicyclic amines) is 1. The maximum atomic E-state index is 12.4. The Morgan fingerprint density at radius 1 is 1.14 bits per heavy atom. The number of nitrogens with zero attached hydrogens (tertiary/aromatic N) is 2. The van der Waals surface area contributed by atoms with Gasteiger partial charge in [-0.25, -0.2) is 0 Å². The molecule has 0 radical (unpaired) electrons. The van der Waals surface area contributed by atoms with Crippen LogP contribution in [-0.4, -0.2) is 21.9 Å². The predicted octanol–water partition coefficient (Wildman–Crippen LogP) is 3.11. The highest BCUT2D eigenvalue weighted by molar-refractivity contribution is 7.09. The minimum Gasteiger partial charge on any atom is -0.324 e. The summed E-state index contributed by atoms with van der Waals surface area (Å²) >= 11 is 1.30. The number of carbonyl (C=O) groups excluding carboxylic acids is 1. The van der Waals surface area contributed by atoms with E-state index >= 15 is 0 Å². The molecule has 1 saturated heterocycles. The molecule has 0 aliphatic carbocycles. The van der Waals surface area contributed by atoms with Crippen molar-refractivity contribution in [3.63, 3.8) is 0 Å². The molecule has 0 saturated carbocycles. The van der Waals surface area contributed by atoms with Gasteiger partial charge in [-0.1, -0.05) is 48.6 Å². The number of hydrogen-bond acceptors (Lipinski definition) is 3. The van der Waals surface area contributed by atoms with E-state index in [1.165, 1.54) is 11.3 Å². The fraction of sp³-hybridized carbons (Fsp3) is 0.412. The summed E-state index contributed by atoms with van der Waals surface area (Å²) < 4.78 is 1.77. The van der Waals surface area contributed by atoms with Crippen molar-refractivity contribution in [2.45, 2.75) is 39.3 Å². The molecule has 1 aromatic heterocycles. The standard InChI is InChI=1S/C17H20N2O2S/c1-2-14-16(13-8-4-3-5-9-13)19(17(21)22-14)12-18-11-7-6-10-15(18)20/h3-5,8-9H,2,6-7,10-12H2,1H3. The van der Waals surface area contributed by atoms with Crippen LogP contribution in [0.2, 0.25) is 0 Å². The Kier molecular flexibility index (Phi) is 4.43. The van der Waals surface area contributed by atoms with Gasteiger partial charge in [-0.05, 0) is 24.8 Å². The van der Waals surface area contributed by atoms with E-state index in [0.29, 0.717) is 13.1 Å². The van der Waals surface area contributed by atoms with Crippen LogP contribution in [0.25, 0.3) is 11.3 Å². The molecular formula is C17H20N2O2S. The summed E-state index contributed by atoms with van der Waals surface area (Å²) in [4.78, 5) is 27.4. The fourth-order valence-corrected chi connectivity index (χ4v) is 3.85. The number of aromatic nitrogens is 1. The Labute approximate surface area is 134 Å². The van der Waals surface area contributed by atoms with Crippen molar-refractivity contribution in [2.24, 2.45) is 0 Å². The van der Waals surface area contributed by atoms with E-state index in [4.69, 9.17) is 0 Å². The van der Waals surface area contributed by atoms with E-state index in [2.05, 4.69) is 6.92 Å². The summed E-state index contributed by atoms with van der Waals surface area (Å²) in [6.07, 6.45) is 3.40. The van der Waals surface area contributed by atoms with Gasteiger partial charge in [0.1, 0.15) is 6.67 Å². The van der Waals surface area contributed by atoms with Gasteiger partial charge in [0.15, 0.2) is 0 Å². The number of carbonyl (C=O) groups is 1. The third-order valence-corrected chi connectivity index (χ3v) is 5.19. The molecule has 1 aliphatic rings. The molecule has 5 heteroatoms. The first-order valence-electron chi connectivity index (χ1n) is 7.76. The minimum atomic E-state index is 0.0223. The van der Waals surface area contributed by atoms with Gasteiger partial charge in [0.05, 0.1) is 5.69 Å². The number of amides is 1. The second kappa shape index (κ2) is 6.48. The van der Waals surface area contributed by atoms with E-state index in [1.807, 2.05) is 35.2 Å². The van der Waals surface area contributed by atoms with Gasteiger partial charge in [0.2, 0.25) is 5.91 Å². The summed E-state index contributed by atoms with van der Waals surface area (Å²) in [5.74, 6) is 0.154. The fourth-order valence-electron chi connectivity index (χ4n) is 2.91. The van der Waals surface area contributed by atoms with Crippen molar-refractivity contribution in [1.29, 1.82) is 0 Å². The van der Waals surface area contributed by atoms with Gasteiger partial charge in [0, 0.05) is 17.8 Å². The smallest absolute Gasteiger partial charge is 0.309 e. The number of thiazole rings is 1. The van der Waals surface area contributed by atoms with Crippen LogP contribution in [0.4, 0.5) is 0 Å². The molecular weight excluding hydrogens is 296 g/mol. The third kappa shape index (κ3) is 2.86. The highest BCUT2D eigenvalue weighted by atomic mass is 32.1. The highest BCUT2D eigenvalue weighted by Crippen LogP contribution is 2.27. The number of rotatable bonds is 4. The molecule has 1 amide bonds. The average molecular weight is 316 g/mol. The van der Waals surface area contributed by atoms with Crippen LogP contribution in [0.5, 0.6) is 0 Å². The topological polar surface area (TPSA) is 42.3 Å². The first-order chi connectivity index (χ1) is 10.7. The molecule has 0 atom stereocenters. The molecule has 0 N–H and O–H groups in total. The van der Waals surface area contributed by atoms with Gasteiger partial charge < -0.3 is 4.90 Å². The Balaban J connectivity index is 2.02. The van der Waals surface area contributed by atoms with E-state index < -0.39 is 0 Å². The zero-order valence-electron chi connectivity index (χ0n) is 12.7. The Hall–Kier alpha value is -1.88. The molecule has 2 aromatic rings. The van der Waals surface area contributed by atoms with E-state index in [0.717, 1.165) is 41.9 Å². The van der Waals surface area contributed by atoms with Crippen LogP contribution in [0.1, 0.15) is 31.1 Å². The average Bonchev–Trinajstić information content (AvgIpc) is 2.86. The summed E-state index contributed by atoms with van der Waals surface area (Å²) in [5.41, 5.74) is 2.01. The zero-order valence-corrected chi connectivity index (χ0v) is 13.6. The molecule has 0 spiro atoms. The zero-order chi connectivity index (χ0) is 15.5. The summed E-state index contributed by atoms with van der Waals surface area (Å²) in [5, 5.41) is 0. The lowest BCUT2D eigenvalue weighted by atomic mass is 10.1. The highest BCUT2D eigenvalue weighted by Gasteiger charge is 2.22. The summed E-state index contributed by atoms with van der Waals surface area (Å²) in [6.45, 7) is 3.18. The lowest BCUT2D eigenvalue weighted by Gasteiger charge is -2.27. The van der Waals surface area contributed by atoms with Crippen LogP contribution in [0.15, 0.2) is 35.1 Å². The number of hydrogen-bond donors (Lipinski definition) is 0. The van der Waals surface area contributed by atoms with Crippen molar-refractivity contribution in [2.75, 3.05) is 6.54 Å². The third-order valence-electron chi connectivity index (χ3n) is 4.07. The second-order valence-corrected chi connectivity index (χ2v) is 6.59. The predicted molar refractivity (Wildman–Crippen MR) is 89.0 cm³/mol. The van der Waals surface area contributed by atoms with Crippen LogP contribution >= 0.6 is 11.3 Å². The monoisotopic (exact) mass is 316 g/mol. The van der Waals surface area contributed by atoms with Gasteiger partial charge in [0.25, 0.3) is 0 Å². The first-order valence-corrected chi connectivity index (χ1v) is 8.58. The van der Waals surface area contributed by atoms with Crippen LogP contribution in [0.3, 0.4) is 0 Å². The SMILES string of the molecule is CCc1sc(=O)n(CN2CCCCC2=O)c1-c1ccccc1. The van der Waals surface area contributed by atoms with Crippen molar-refractivity contribution >= 4 is 17.2 Å². The van der Waals surface area contributed by atoms with Crippen molar-refractivity contribution < 1.29 is 4.79 Å². The van der Waals surface area contributed by atoms with E-state index in [1.54, 1.807) is 4.57 Å². The normalized spacial score (nSPS) is 15.3. The molecule has 22 heavy (non-hydrogen) atoms. The van der Waals surface area contributed by atoms with Crippen LogP contribution < -0.4 is 4.87 Å². The van der Waals surface area contributed by atoms with E-state index in [-0.39, 0.29) is 10.8 Å². The van der Waals surface area contributed by atoms with Crippen LogP contribution in [-0.2, 0) is 17.9 Å². The van der Waals surface area contributed by atoms with Crippen molar-refractivity contribution in [3.8, 4) is 11.3 Å². The van der Waals surface area contributed by atoms with E-state index in [9.17, 15) is 9.59 Å². The minimum absolute atomic E-state index is 0.0223. The molecule has 2 heterocycles. The first kappa shape index (κ1) is 15.0. The molecule has 1 fully saturated rings. The summed E-state index contributed by atoms with van der Waals surface area (Å²) in [7, 11) is 0. The molecule has 0 bridgehead atoms. The number of piperidine rings is 1.